The monoisotopic (exact) mass is 620 g/mol. The quantitative estimate of drug-likeness (QED) is 0.188. The maximum absolute atomic E-state index is 6.60. The predicted molar refractivity (Wildman–Crippen MR) is 203 cm³/mol. The summed E-state index contributed by atoms with van der Waals surface area (Å²) in [6.45, 7) is 13.5. The second-order valence-electron chi connectivity index (χ2n) is 12.5. The van der Waals surface area contributed by atoms with Crippen LogP contribution in [0.25, 0.3) is 56.1 Å². The lowest BCUT2D eigenvalue weighted by atomic mass is 9.88. The molecule has 0 radical (unpaired) electrons. The second-order valence-corrected chi connectivity index (χ2v) is 12.5. The lowest BCUT2D eigenvalue weighted by molar-refractivity contribution is 0.213. The summed E-state index contributed by atoms with van der Waals surface area (Å²) in [4.78, 5) is 0. The van der Waals surface area contributed by atoms with Gasteiger partial charge in [0.2, 0.25) is 0 Å². The Balaban J connectivity index is 1.40. The molecule has 0 saturated heterocycles. The molecule has 2 unspecified atom stereocenters. The smallest absolute Gasteiger partial charge is 0.136 e. The van der Waals surface area contributed by atoms with Crippen LogP contribution in [0.2, 0.25) is 0 Å². The van der Waals surface area contributed by atoms with Crippen LogP contribution < -0.4 is 10.4 Å². The van der Waals surface area contributed by atoms with Crippen molar-refractivity contribution in [3.63, 3.8) is 0 Å². The fraction of sp³-hybridized carbons (Fsp3) is 0.0870. The summed E-state index contributed by atoms with van der Waals surface area (Å²) in [5.74, 6) is 1.04. The Bertz CT molecular complexity index is 2430. The molecule has 4 aromatic carbocycles. The fourth-order valence-corrected chi connectivity index (χ4v) is 7.10. The Hall–Kier alpha value is -5.86. The summed E-state index contributed by atoms with van der Waals surface area (Å²) < 4.78 is 13.0. The van der Waals surface area contributed by atoms with E-state index in [1.54, 1.807) is 0 Å². The molecular formula is C46H36O2. The Kier molecular flexibility index (Phi) is 7.62. The third-order valence-corrected chi connectivity index (χ3v) is 9.57. The predicted octanol–water partition coefficient (Wildman–Crippen LogP) is 10.3. The first-order valence-electron chi connectivity index (χ1n) is 16.6. The number of hydrogen-bond acceptors (Lipinski definition) is 2. The lowest BCUT2D eigenvalue weighted by Gasteiger charge is -2.18. The maximum atomic E-state index is 6.60. The van der Waals surface area contributed by atoms with Crippen LogP contribution in [-0.4, -0.2) is 6.10 Å². The molecule has 0 fully saturated rings. The molecule has 0 bridgehead atoms. The zero-order valence-electron chi connectivity index (χ0n) is 26.9. The molecule has 0 spiro atoms. The summed E-state index contributed by atoms with van der Waals surface area (Å²) in [5, 5.41) is 4.35. The van der Waals surface area contributed by atoms with E-state index in [1.807, 2.05) is 24.3 Å². The Morgan fingerprint density at radius 2 is 1.35 bits per heavy atom. The highest BCUT2D eigenvalue weighted by molar-refractivity contribution is 6.11. The van der Waals surface area contributed by atoms with Gasteiger partial charge in [-0.25, -0.2) is 0 Å². The molecule has 2 heteroatoms. The molecule has 48 heavy (non-hydrogen) atoms. The molecular weight excluding hydrogens is 585 g/mol. The van der Waals surface area contributed by atoms with Gasteiger partial charge in [0.15, 0.2) is 0 Å². The fourth-order valence-electron chi connectivity index (χ4n) is 7.10. The van der Waals surface area contributed by atoms with Crippen molar-refractivity contribution in [2.75, 3.05) is 0 Å². The number of para-hydroxylation sites is 1. The van der Waals surface area contributed by atoms with E-state index in [2.05, 4.69) is 135 Å². The SMILES string of the molecule is C=Cc1ccccc1C(=C)C1=c2cccc/c2=C(C(=C)c2cc3c(cc2C2=CC4C=CC=CC4O2)oc2ccccc23)/C=C/CCC=C1. The van der Waals surface area contributed by atoms with E-state index in [0.717, 1.165) is 95.5 Å². The van der Waals surface area contributed by atoms with Gasteiger partial charge in [-0.1, -0.05) is 135 Å². The molecule has 8 rings (SSSR count). The molecule has 0 amide bonds. The van der Waals surface area contributed by atoms with Crippen molar-refractivity contribution in [1.82, 2.24) is 0 Å². The van der Waals surface area contributed by atoms with Gasteiger partial charge in [-0.15, -0.1) is 0 Å². The zero-order chi connectivity index (χ0) is 32.6. The van der Waals surface area contributed by atoms with E-state index < -0.39 is 0 Å². The summed E-state index contributed by atoms with van der Waals surface area (Å²) in [6.07, 6.45) is 23.4. The molecule has 0 N–H and O–H groups in total. The molecule has 2 aliphatic carbocycles. The second kappa shape index (κ2) is 12.4. The Morgan fingerprint density at radius 1 is 0.688 bits per heavy atom. The summed E-state index contributed by atoms with van der Waals surface area (Å²) in [5.41, 5.74) is 9.86. The first-order chi connectivity index (χ1) is 23.6. The van der Waals surface area contributed by atoms with Crippen LogP contribution in [0.5, 0.6) is 0 Å². The Labute approximate surface area is 281 Å². The molecule has 5 aromatic rings. The zero-order valence-corrected chi connectivity index (χ0v) is 26.9. The lowest BCUT2D eigenvalue weighted by Crippen LogP contribution is -2.29. The van der Waals surface area contributed by atoms with E-state index >= 15 is 0 Å². The van der Waals surface area contributed by atoms with E-state index in [9.17, 15) is 0 Å². The molecule has 2 atom stereocenters. The van der Waals surface area contributed by atoms with Crippen molar-refractivity contribution in [2.45, 2.75) is 18.9 Å². The van der Waals surface area contributed by atoms with Crippen LogP contribution in [0.15, 0.2) is 164 Å². The van der Waals surface area contributed by atoms with Gasteiger partial charge in [0.1, 0.15) is 23.0 Å². The average Bonchev–Trinajstić information content (AvgIpc) is 3.73. The summed E-state index contributed by atoms with van der Waals surface area (Å²) >= 11 is 0. The minimum atomic E-state index is -0.0205. The van der Waals surface area contributed by atoms with Gasteiger partial charge in [-0.3, -0.25) is 0 Å². The molecule has 232 valence electrons. The molecule has 1 aromatic heterocycles. The van der Waals surface area contributed by atoms with Crippen molar-refractivity contribution in [1.29, 1.82) is 0 Å². The number of fused-ring (bicyclic) bond motifs is 5. The van der Waals surface area contributed by atoms with Gasteiger partial charge in [0, 0.05) is 22.3 Å². The van der Waals surface area contributed by atoms with Gasteiger partial charge in [0.05, 0.1) is 0 Å². The highest BCUT2D eigenvalue weighted by Gasteiger charge is 2.29. The topological polar surface area (TPSA) is 22.4 Å². The molecule has 1 aliphatic heterocycles. The van der Waals surface area contributed by atoms with Crippen LogP contribution in [0.4, 0.5) is 0 Å². The van der Waals surface area contributed by atoms with E-state index in [-0.39, 0.29) is 12.0 Å². The van der Waals surface area contributed by atoms with Crippen molar-refractivity contribution >= 4 is 56.1 Å². The molecule has 2 heterocycles. The Morgan fingerprint density at radius 3 is 2.10 bits per heavy atom. The first kappa shape index (κ1) is 29.5. The van der Waals surface area contributed by atoms with Crippen LogP contribution in [-0.2, 0) is 4.74 Å². The average molecular weight is 621 g/mol. The van der Waals surface area contributed by atoms with Crippen molar-refractivity contribution in [3.05, 3.63) is 192 Å². The van der Waals surface area contributed by atoms with Crippen molar-refractivity contribution in [3.8, 4) is 0 Å². The third-order valence-electron chi connectivity index (χ3n) is 9.57. The maximum Gasteiger partial charge on any atom is 0.136 e. The van der Waals surface area contributed by atoms with Crippen LogP contribution in [0.3, 0.4) is 0 Å². The largest absolute Gasteiger partial charge is 0.485 e. The number of furan rings is 1. The van der Waals surface area contributed by atoms with Gasteiger partial charge < -0.3 is 9.15 Å². The number of rotatable bonds is 6. The first-order valence-corrected chi connectivity index (χ1v) is 16.6. The van der Waals surface area contributed by atoms with Crippen molar-refractivity contribution < 1.29 is 9.15 Å². The normalized spacial score (nSPS) is 20.2. The third kappa shape index (κ3) is 5.16. The van der Waals surface area contributed by atoms with Gasteiger partial charge in [-0.05, 0) is 92.6 Å². The molecule has 3 aliphatic rings. The van der Waals surface area contributed by atoms with Gasteiger partial charge in [-0.2, -0.15) is 0 Å². The van der Waals surface area contributed by atoms with Gasteiger partial charge in [0.25, 0.3) is 0 Å². The summed E-state index contributed by atoms with van der Waals surface area (Å²) in [7, 11) is 0. The molecule has 0 saturated carbocycles. The van der Waals surface area contributed by atoms with E-state index in [4.69, 9.17) is 15.7 Å². The highest BCUT2D eigenvalue weighted by atomic mass is 16.5. The van der Waals surface area contributed by atoms with E-state index in [0.29, 0.717) is 0 Å². The number of benzene rings is 4. The summed E-state index contributed by atoms with van der Waals surface area (Å²) in [6, 6.07) is 29.5. The standard InChI is InChI=1S/C46H36O2/c1-4-32-17-9-11-19-34(32)30(2)35-20-7-5-6-8-21-36(38-23-13-12-22-37(35)38)31(3)40-28-41-39-24-14-16-26-44(39)48-46(41)29-42(40)45-27-33-18-10-15-25-43(33)47-45/h4,7-29,33,43H,1-3,5-6H2/b20-7?,21-8+,37-35?,38-36+. The van der Waals surface area contributed by atoms with Crippen LogP contribution in [0.1, 0.15) is 35.1 Å². The minimum absolute atomic E-state index is 0.0205. The van der Waals surface area contributed by atoms with Crippen LogP contribution in [0, 0.1) is 5.92 Å². The van der Waals surface area contributed by atoms with E-state index in [1.165, 1.54) is 0 Å². The molecule has 2 nitrogen and oxygen atoms in total. The van der Waals surface area contributed by atoms with Gasteiger partial charge >= 0.3 is 0 Å². The van der Waals surface area contributed by atoms with Crippen LogP contribution >= 0.6 is 0 Å². The number of allylic oxidation sites excluding steroid dienone is 8. The highest BCUT2D eigenvalue weighted by Crippen LogP contribution is 2.41. The van der Waals surface area contributed by atoms with Crippen molar-refractivity contribution in [2.24, 2.45) is 5.92 Å². The minimum Gasteiger partial charge on any atom is -0.485 e. The number of hydrogen-bond donors (Lipinski definition) is 0. The number of ether oxygens (including phenoxy) is 1.